The molecule has 0 fully saturated rings. The first-order valence-electron chi connectivity index (χ1n) is 9.89. The van der Waals surface area contributed by atoms with E-state index in [2.05, 4.69) is 54.2 Å². The highest BCUT2D eigenvalue weighted by Crippen LogP contribution is 2.26. The van der Waals surface area contributed by atoms with E-state index in [9.17, 15) is 4.79 Å². The van der Waals surface area contributed by atoms with E-state index in [1.54, 1.807) is 11.3 Å². The Bertz CT molecular complexity index is 775. The van der Waals surface area contributed by atoms with E-state index in [1.165, 1.54) is 4.88 Å². The Morgan fingerprint density at radius 1 is 1.10 bits per heavy atom. The Hall–Kier alpha value is -1.61. The van der Waals surface area contributed by atoms with Gasteiger partial charge in [0.2, 0.25) is 0 Å². The Morgan fingerprint density at radius 2 is 1.90 bits per heavy atom. The molecule has 2 rings (SSSR count). The first kappa shape index (κ1) is 25.4. The highest BCUT2D eigenvalue weighted by Gasteiger charge is 2.21. The highest BCUT2D eigenvalue weighted by atomic mass is 127. The van der Waals surface area contributed by atoms with Crippen LogP contribution in [0.2, 0.25) is 0 Å². The molecular weight excluding hydrogens is 495 g/mol. The van der Waals surface area contributed by atoms with Gasteiger partial charge in [-0.2, -0.15) is 0 Å². The number of nitrogens with one attached hydrogen (secondary N) is 3. The number of guanidine groups is 1. The third-order valence-corrected chi connectivity index (χ3v) is 5.61. The van der Waals surface area contributed by atoms with Crippen LogP contribution in [0, 0.1) is 0 Å². The van der Waals surface area contributed by atoms with E-state index in [-0.39, 0.29) is 35.3 Å². The number of rotatable bonds is 9. The number of nitrogens with zero attached hydrogens (tertiary/aromatic N) is 1. The molecule has 160 valence electrons. The molecule has 0 aliphatic carbocycles. The van der Waals surface area contributed by atoms with E-state index in [1.807, 2.05) is 31.2 Å². The maximum absolute atomic E-state index is 12.2. The zero-order chi connectivity index (χ0) is 20.4. The fraction of sp³-hybridized carbons (Fsp3) is 0.455. The van der Waals surface area contributed by atoms with Gasteiger partial charge in [-0.05, 0) is 42.5 Å². The minimum atomic E-state index is -0.0320. The molecule has 3 N–H and O–H groups in total. The molecule has 0 saturated carbocycles. The van der Waals surface area contributed by atoms with Crippen LogP contribution in [0.3, 0.4) is 0 Å². The van der Waals surface area contributed by atoms with Crippen LogP contribution in [0.15, 0.2) is 46.8 Å². The number of hydrogen-bond acceptors (Lipinski definition) is 3. The van der Waals surface area contributed by atoms with Gasteiger partial charge in [-0.25, -0.2) is 4.99 Å². The topological polar surface area (TPSA) is 65.5 Å². The molecule has 2 aromatic rings. The third-order valence-electron chi connectivity index (χ3n) is 4.37. The summed E-state index contributed by atoms with van der Waals surface area (Å²) in [7, 11) is 0. The summed E-state index contributed by atoms with van der Waals surface area (Å²) in [6.45, 7) is 11.4. The van der Waals surface area contributed by atoms with Crippen LogP contribution in [0.5, 0.6) is 0 Å². The minimum absolute atomic E-state index is 0. The first-order valence-corrected chi connectivity index (χ1v) is 10.8. The molecule has 0 radical (unpaired) electrons. The van der Waals surface area contributed by atoms with E-state index in [4.69, 9.17) is 4.99 Å². The molecule has 1 heterocycles. The molecule has 1 amide bonds. The van der Waals surface area contributed by atoms with Gasteiger partial charge >= 0.3 is 0 Å². The van der Waals surface area contributed by atoms with Gasteiger partial charge in [-0.3, -0.25) is 4.79 Å². The van der Waals surface area contributed by atoms with Gasteiger partial charge in [0, 0.05) is 35.5 Å². The Labute approximate surface area is 195 Å². The zero-order valence-electron chi connectivity index (χ0n) is 17.7. The van der Waals surface area contributed by atoms with Gasteiger partial charge in [0.1, 0.15) is 0 Å². The predicted octanol–water partition coefficient (Wildman–Crippen LogP) is 4.54. The van der Waals surface area contributed by atoms with Crippen molar-refractivity contribution < 1.29 is 4.79 Å². The third kappa shape index (κ3) is 8.34. The van der Waals surface area contributed by atoms with Gasteiger partial charge in [-0.15, -0.1) is 35.3 Å². The molecule has 0 spiro atoms. The Kier molecular flexibility index (Phi) is 11.3. The van der Waals surface area contributed by atoms with Crippen molar-refractivity contribution in [2.24, 2.45) is 4.99 Å². The molecular formula is C22H33IN4OS. The van der Waals surface area contributed by atoms with Crippen LogP contribution in [0.4, 0.5) is 0 Å². The van der Waals surface area contributed by atoms with Crippen LogP contribution < -0.4 is 16.0 Å². The second-order valence-electron chi connectivity index (χ2n) is 7.37. The zero-order valence-corrected chi connectivity index (χ0v) is 20.9. The summed E-state index contributed by atoms with van der Waals surface area (Å²) in [5, 5.41) is 11.8. The lowest BCUT2D eigenvalue weighted by Gasteiger charge is -2.25. The van der Waals surface area contributed by atoms with Crippen LogP contribution in [-0.4, -0.2) is 31.5 Å². The maximum Gasteiger partial charge on any atom is 0.251 e. The number of benzene rings is 1. The van der Waals surface area contributed by atoms with Gasteiger partial charge in [-0.1, -0.05) is 39.0 Å². The van der Waals surface area contributed by atoms with Crippen LogP contribution in [-0.2, 0) is 12.0 Å². The molecule has 0 bridgehead atoms. The summed E-state index contributed by atoms with van der Waals surface area (Å²) >= 11 is 1.78. The molecule has 29 heavy (non-hydrogen) atoms. The van der Waals surface area contributed by atoms with Crippen molar-refractivity contribution in [1.29, 1.82) is 0 Å². The van der Waals surface area contributed by atoms with Gasteiger partial charge in [0.25, 0.3) is 5.91 Å². The highest BCUT2D eigenvalue weighted by molar-refractivity contribution is 14.0. The lowest BCUT2D eigenvalue weighted by Crippen LogP contribution is -2.43. The average Bonchev–Trinajstić information content (AvgIpc) is 3.24. The summed E-state index contributed by atoms with van der Waals surface area (Å²) in [6.07, 6.45) is 0.926. The number of aliphatic imine (C=N–C) groups is 1. The van der Waals surface area contributed by atoms with Crippen molar-refractivity contribution in [3.05, 3.63) is 57.8 Å². The number of hydrogen-bond donors (Lipinski definition) is 3. The van der Waals surface area contributed by atoms with Gasteiger partial charge < -0.3 is 16.0 Å². The standard InChI is InChI=1S/C22H32N4OS.HI/c1-5-12-24-20(27)18-10-7-9-17(14-18)15-25-21(23-6-2)26-16-22(3,4)19-11-8-13-28-19;/h7-11,13-14H,5-6,12,15-16H2,1-4H3,(H,24,27)(H2,23,25,26);1H. The molecule has 1 aromatic heterocycles. The molecule has 0 saturated heterocycles. The van der Waals surface area contributed by atoms with Crippen molar-refractivity contribution in [3.8, 4) is 0 Å². The lowest BCUT2D eigenvalue weighted by molar-refractivity contribution is 0.0953. The number of carbonyl (C=O) groups excluding carboxylic acids is 1. The smallest absolute Gasteiger partial charge is 0.251 e. The number of thiophene rings is 1. The van der Waals surface area contributed by atoms with Crippen molar-refractivity contribution in [1.82, 2.24) is 16.0 Å². The van der Waals surface area contributed by atoms with Crippen LogP contribution in [0.1, 0.15) is 54.9 Å². The van der Waals surface area contributed by atoms with E-state index < -0.39 is 0 Å². The summed E-state index contributed by atoms with van der Waals surface area (Å²) < 4.78 is 0. The normalized spacial score (nSPS) is 11.5. The van der Waals surface area contributed by atoms with E-state index in [0.29, 0.717) is 18.7 Å². The molecule has 5 nitrogen and oxygen atoms in total. The predicted molar refractivity (Wildman–Crippen MR) is 135 cm³/mol. The molecule has 0 aliphatic heterocycles. The fourth-order valence-electron chi connectivity index (χ4n) is 2.72. The fourth-order valence-corrected chi connectivity index (χ4v) is 3.57. The van der Waals surface area contributed by atoms with Gasteiger partial charge in [0.15, 0.2) is 5.96 Å². The lowest BCUT2D eigenvalue weighted by atomic mass is 9.91. The SMILES string of the molecule is CCCNC(=O)c1cccc(CN=C(NCC)NCC(C)(C)c2cccs2)c1.I. The van der Waals surface area contributed by atoms with Crippen molar-refractivity contribution in [2.75, 3.05) is 19.6 Å². The summed E-state index contributed by atoms with van der Waals surface area (Å²) in [6, 6.07) is 11.9. The average molecular weight is 529 g/mol. The summed E-state index contributed by atoms with van der Waals surface area (Å²) in [5.41, 5.74) is 1.72. The molecule has 0 aliphatic rings. The van der Waals surface area contributed by atoms with E-state index >= 15 is 0 Å². The molecule has 0 unspecified atom stereocenters. The molecule has 0 atom stereocenters. The van der Waals surface area contributed by atoms with Crippen molar-refractivity contribution >= 4 is 47.2 Å². The molecule has 1 aromatic carbocycles. The quantitative estimate of drug-likeness (QED) is 0.255. The van der Waals surface area contributed by atoms with Crippen LogP contribution >= 0.6 is 35.3 Å². The van der Waals surface area contributed by atoms with Crippen molar-refractivity contribution in [3.63, 3.8) is 0 Å². The summed E-state index contributed by atoms with van der Waals surface area (Å²) in [5.74, 6) is 0.753. The number of amides is 1. The Morgan fingerprint density at radius 3 is 2.55 bits per heavy atom. The van der Waals surface area contributed by atoms with Crippen LogP contribution in [0.25, 0.3) is 0 Å². The monoisotopic (exact) mass is 528 g/mol. The minimum Gasteiger partial charge on any atom is -0.357 e. The first-order chi connectivity index (χ1) is 13.5. The van der Waals surface area contributed by atoms with Crippen molar-refractivity contribution in [2.45, 2.75) is 46.1 Å². The molecule has 7 heteroatoms. The summed E-state index contributed by atoms with van der Waals surface area (Å²) in [4.78, 5) is 18.2. The Balaban J connectivity index is 0.00000420. The maximum atomic E-state index is 12.2. The second-order valence-corrected chi connectivity index (χ2v) is 8.31. The largest absolute Gasteiger partial charge is 0.357 e. The van der Waals surface area contributed by atoms with E-state index in [0.717, 1.165) is 31.0 Å². The number of halogens is 1. The number of carbonyl (C=O) groups is 1. The van der Waals surface area contributed by atoms with Gasteiger partial charge in [0.05, 0.1) is 6.54 Å². The second kappa shape index (κ2) is 12.8.